The van der Waals surface area contributed by atoms with Crippen LogP contribution in [0.25, 0.3) is 11.3 Å². The maximum absolute atomic E-state index is 13.0. The molecular weight excluding hydrogens is 470 g/mol. The van der Waals surface area contributed by atoms with Crippen molar-refractivity contribution in [3.05, 3.63) is 70.0 Å². The number of carbonyl (C=O) groups excluding carboxylic acids is 2. The van der Waals surface area contributed by atoms with Gasteiger partial charge in [0.25, 0.3) is 0 Å². The van der Waals surface area contributed by atoms with Gasteiger partial charge < -0.3 is 5.32 Å². The van der Waals surface area contributed by atoms with Gasteiger partial charge in [0, 0.05) is 42.1 Å². The van der Waals surface area contributed by atoms with Crippen molar-refractivity contribution < 1.29 is 18.0 Å². The largest absolute Gasteiger partial charge is 0.352 e. The Morgan fingerprint density at radius 1 is 1.12 bits per heavy atom. The number of hydrogen-bond donors (Lipinski definition) is 1. The monoisotopic (exact) mass is 497 g/mol. The molecule has 0 radical (unpaired) electrons. The molecule has 1 aromatic heterocycles. The highest BCUT2D eigenvalue weighted by atomic mass is 32.2. The van der Waals surface area contributed by atoms with Crippen molar-refractivity contribution >= 4 is 33.1 Å². The first-order chi connectivity index (χ1) is 16.2. The predicted molar refractivity (Wildman–Crippen MR) is 132 cm³/mol. The van der Waals surface area contributed by atoms with Crippen LogP contribution >= 0.6 is 11.3 Å². The fourth-order valence-electron chi connectivity index (χ4n) is 4.01. The molecule has 0 atom stereocenters. The molecule has 4 rings (SSSR count). The van der Waals surface area contributed by atoms with E-state index in [0.29, 0.717) is 24.9 Å². The van der Waals surface area contributed by atoms with Gasteiger partial charge in [-0.3, -0.25) is 9.59 Å². The van der Waals surface area contributed by atoms with Crippen LogP contribution in [0.3, 0.4) is 0 Å². The number of amides is 1. The number of piperidine rings is 1. The summed E-state index contributed by atoms with van der Waals surface area (Å²) in [5.41, 5.74) is 3.36. The zero-order chi connectivity index (χ0) is 24.3. The number of aromatic nitrogens is 1. The minimum atomic E-state index is -3.70. The fraction of sp³-hybridized carbons (Fsp3) is 0.320. The Morgan fingerprint density at radius 3 is 2.44 bits per heavy atom. The van der Waals surface area contributed by atoms with Crippen molar-refractivity contribution in [2.45, 2.75) is 38.1 Å². The van der Waals surface area contributed by atoms with Crippen LogP contribution in [0.1, 0.15) is 40.7 Å². The van der Waals surface area contributed by atoms with E-state index in [4.69, 9.17) is 0 Å². The van der Waals surface area contributed by atoms with E-state index < -0.39 is 10.0 Å². The summed E-state index contributed by atoms with van der Waals surface area (Å²) in [6, 6.07) is 14.1. The molecule has 1 saturated heterocycles. The molecule has 7 nitrogen and oxygen atoms in total. The van der Waals surface area contributed by atoms with Gasteiger partial charge in [-0.1, -0.05) is 36.4 Å². The van der Waals surface area contributed by atoms with E-state index in [1.165, 1.54) is 23.4 Å². The van der Waals surface area contributed by atoms with E-state index in [2.05, 4.69) is 10.3 Å². The van der Waals surface area contributed by atoms with Crippen molar-refractivity contribution in [1.82, 2.24) is 14.6 Å². The highest BCUT2D eigenvalue weighted by Gasteiger charge is 2.32. The number of nitrogens with one attached hydrogen (secondary N) is 1. The smallest absolute Gasteiger partial charge is 0.243 e. The van der Waals surface area contributed by atoms with Crippen molar-refractivity contribution in [1.29, 1.82) is 0 Å². The molecule has 1 fully saturated rings. The number of ketones is 1. The SMILES string of the molecule is CC(=O)c1cccc(S(=O)(=O)N2CCC(C(=O)NCc3ccc(-c4csc(C)n4)cc3)CC2)c1. The fourth-order valence-corrected chi connectivity index (χ4v) is 6.14. The van der Waals surface area contributed by atoms with E-state index >= 15 is 0 Å². The molecule has 34 heavy (non-hydrogen) atoms. The quantitative estimate of drug-likeness (QED) is 0.497. The third-order valence-corrected chi connectivity index (χ3v) is 8.71. The molecule has 1 aliphatic rings. The lowest BCUT2D eigenvalue weighted by atomic mass is 9.97. The number of rotatable bonds is 7. The maximum atomic E-state index is 13.0. The topological polar surface area (TPSA) is 96.4 Å². The number of nitrogens with zero attached hydrogens (tertiary/aromatic N) is 2. The highest BCUT2D eigenvalue weighted by molar-refractivity contribution is 7.89. The maximum Gasteiger partial charge on any atom is 0.243 e. The van der Waals surface area contributed by atoms with Crippen LogP contribution in [-0.4, -0.2) is 42.5 Å². The molecule has 178 valence electrons. The Labute approximate surface area is 203 Å². The molecule has 2 aromatic carbocycles. The second-order valence-electron chi connectivity index (χ2n) is 8.43. The van der Waals surface area contributed by atoms with Gasteiger partial charge in [0.2, 0.25) is 15.9 Å². The predicted octanol–water partition coefficient (Wildman–Crippen LogP) is 4.04. The van der Waals surface area contributed by atoms with Gasteiger partial charge in [0.05, 0.1) is 15.6 Å². The number of sulfonamides is 1. The van der Waals surface area contributed by atoms with Crippen molar-refractivity contribution in [3.8, 4) is 11.3 Å². The summed E-state index contributed by atoms with van der Waals surface area (Å²) in [6.07, 6.45) is 0.916. The number of aryl methyl sites for hydroxylation is 1. The first kappa shape index (κ1) is 24.3. The van der Waals surface area contributed by atoms with Gasteiger partial charge in [0.1, 0.15) is 0 Å². The molecule has 0 bridgehead atoms. The lowest BCUT2D eigenvalue weighted by Gasteiger charge is -2.30. The van der Waals surface area contributed by atoms with E-state index in [-0.39, 0.29) is 35.6 Å². The molecule has 1 amide bonds. The first-order valence-corrected chi connectivity index (χ1v) is 13.5. The molecule has 0 spiro atoms. The average molecular weight is 498 g/mol. The molecule has 2 heterocycles. The summed E-state index contributed by atoms with van der Waals surface area (Å²) in [5.74, 6) is -0.470. The number of thiazole rings is 1. The Bertz CT molecular complexity index is 1290. The van der Waals surface area contributed by atoms with Crippen LogP contribution in [0.2, 0.25) is 0 Å². The second-order valence-corrected chi connectivity index (χ2v) is 11.4. The molecule has 0 unspecified atom stereocenters. The molecule has 3 aromatic rings. The summed E-state index contributed by atoms with van der Waals surface area (Å²) in [6.45, 7) is 4.35. The molecular formula is C25H27N3O4S2. The van der Waals surface area contributed by atoms with E-state index in [0.717, 1.165) is 21.8 Å². The highest BCUT2D eigenvalue weighted by Crippen LogP contribution is 2.25. The molecule has 0 saturated carbocycles. The van der Waals surface area contributed by atoms with Gasteiger partial charge in [-0.25, -0.2) is 13.4 Å². The summed E-state index contributed by atoms with van der Waals surface area (Å²) >= 11 is 1.61. The van der Waals surface area contributed by atoms with E-state index in [1.807, 2.05) is 36.6 Å². The van der Waals surface area contributed by atoms with Gasteiger partial charge in [-0.15, -0.1) is 11.3 Å². The Hall–Kier alpha value is -2.88. The van der Waals surface area contributed by atoms with E-state index in [1.54, 1.807) is 23.5 Å². The molecule has 1 aliphatic heterocycles. The Kier molecular flexibility index (Phi) is 7.25. The van der Waals surface area contributed by atoms with Crippen LogP contribution in [0.4, 0.5) is 0 Å². The third-order valence-electron chi connectivity index (χ3n) is 6.04. The Morgan fingerprint density at radius 2 is 1.82 bits per heavy atom. The lowest BCUT2D eigenvalue weighted by Crippen LogP contribution is -2.42. The van der Waals surface area contributed by atoms with Crippen LogP contribution in [0.15, 0.2) is 58.8 Å². The minimum Gasteiger partial charge on any atom is -0.352 e. The number of hydrogen-bond acceptors (Lipinski definition) is 6. The summed E-state index contributed by atoms with van der Waals surface area (Å²) < 4.78 is 27.4. The number of benzene rings is 2. The standard InChI is InChI=1S/C25H27N3O4S2/c1-17(29)22-4-3-5-23(14-22)34(31,32)28-12-10-21(11-13-28)25(30)26-15-19-6-8-20(9-7-19)24-16-33-18(2)27-24/h3-9,14,16,21H,10-13,15H2,1-2H3,(H,26,30). The summed E-state index contributed by atoms with van der Waals surface area (Å²) in [5, 5.41) is 6.03. The van der Waals surface area contributed by atoms with E-state index in [9.17, 15) is 18.0 Å². The second kappa shape index (κ2) is 10.2. The summed E-state index contributed by atoms with van der Waals surface area (Å²) in [7, 11) is -3.70. The van der Waals surface area contributed by atoms with Gasteiger partial charge in [-0.2, -0.15) is 4.31 Å². The minimum absolute atomic E-state index is 0.0603. The molecule has 0 aliphatic carbocycles. The first-order valence-electron chi connectivity index (χ1n) is 11.1. The van der Waals surface area contributed by atoms with Gasteiger partial charge in [-0.05, 0) is 44.4 Å². The number of carbonyl (C=O) groups is 2. The zero-order valence-electron chi connectivity index (χ0n) is 19.2. The third kappa shape index (κ3) is 5.43. The normalized spacial score (nSPS) is 15.2. The van der Waals surface area contributed by atoms with Crippen LogP contribution < -0.4 is 5.32 Å². The van der Waals surface area contributed by atoms with Gasteiger partial charge >= 0.3 is 0 Å². The van der Waals surface area contributed by atoms with Crippen LogP contribution in [0.5, 0.6) is 0 Å². The number of Topliss-reactive ketones (excluding diaryl/α,β-unsaturated/α-hetero) is 1. The van der Waals surface area contributed by atoms with Crippen LogP contribution in [0, 0.1) is 12.8 Å². The summed E-state index contributed by atoms with van der Waals surface area (Å²) in [4.78, 5) is 28.9. The molecule has 1 N–H and O–H groups in total. The van der Waals surface area contributed by atoms with Crippen LogP contribution in [-0.2, 0) is 21.4 Å². The average Bonchev–Trinajstić information content (AvgIpc) is 3.29. The zero-order valence-corrected chi connectivity index (χ0v) is 20.8. The van der Waals surface area contributed by atoms with Crippen molar-refractivity contribution in [2.24, 2.45) is 5.92 Å². The van der Waals surface area contributed by atoms with Crippen molar-refractivity contribution in [2.75, 3.05) is 13.1 Å². The molecule has 9 heteroatoms. The lowest BCUT2D eigenvalue weighted by molar-refractivity contribution is -0.126. The Balaban J connectivity index is 1.30. The van der Waals surface area contributed by atoms with Crippen molar-refractivity contribution in [3.63, 3.8) is 0 Å². The van der Waals surface area contributed by atoms with Gasteiger partial charge in [0.15, 0.2) is 5.78 Å².